The molecule has 3 nitrogen and oxygen atoms in total. The SMILES string of the molecule is CCCCCCN1CC[C@](C)(c2cccc(NP(C)(C)=O)c2)[C@@H](C)C1. The van der Waals surface area contributed by atoms with E-state index in [1.165, 1.54) is 57.3 Å². The lowest BCUT2D eigenvalue weighted by Gasteiger charge is -2.45. The van der Waals surface area contributed by atoms with Crippen molar-refractivity contribution in [1.82, 2.24) is 4.90 Å². The molecule has 2 atom stereocenters. The van der Waals surface area contributed by atoms with Crippen LogP contribution >= 0.6 is 7.29 Å². The lowest BCUT2D eigenvalue weighted by atomic mass is 9.68. The summed E-state index contributed by atoms with van der Waals surface area (Å²) in [5.74, 6) is 0.623. The third-order valence-electron chi connectivity index (χ3n) is 5.82. The standard InChI is InChI=1S/C21H37N2OP/c1-6-7-8-9-14-23-15-13-21(3,18(2)17-23)19-11-10-12-20(16-19)22-25(4,5)24/h10-12,16,18H,6-9,13-15,17H2,1-5H3,(H,22,24)/t18-,21-/m0/s1. The zero-order chi connectivity index (χ0) is 18.5. The Morgan fingerprint density at radius 2 is 2.04 bits per heavy atom. The van der Waals surface area contributed by atoms with Gasteiger partial charge in [-0.05, 0) is 55.0 Å². The highest BCUT2D eigenvalue weighted by Crippen LogP contribution is 2.42. The van der Waals surface area contributed by atoms with E-state index in [0.29, 0.717) is 5.92 Å². The number of anilines is 1. The van der Waals surface area contributed by atoms with E-state index in [1.807, 2.05) is 6.07 Å². The first-order chi connectivity index (χ1) is 11.7. The Hall–Kier alpha value is -0.790. The summed E-state index contributed by atoms with van der Waals surface area (Å²) in [7, 11) is -2.27. The van der Waals surface area contributed by atoms with Crippen LogP contribution in [0.5, 0.6) is 0 Å². The predicted molar refractivity (Wildman–Crippen MR) is 111 cm³/mol. The Labute approximate surface area is 155 Å². The smallest absolute Gasteiger partial charge is 0.164 e. The highest BCUT2D eigenvalue weighted by molar-refractivity contribution is 7.63. The fourth-order valence-corrected chi connectivity index (χ4v) is 4.73. The second kappa shape index (κ2) is 8.73. The minimum atomic E-state index is -2.27. The molecule has 0 radical (unpaired) electrons. The van der Waals surface area contributed by atoms with Crippen LogP contribution in [0.3, 0.4) is 0 Å². The average Bonchev–Trinajstić information content (AvgIpc) is 2.53. The van der Waals surface area contributed by atoms with Gasteiger partial charge < -0.3 is 14.6 Å². The van der Waals surface area contributed by atoms with Crippen LogP contribution in [0.2, 0.25) is 0 Å². The molecule has 25 heavy (non-hydrogen) atoms. The largest absolute Gasteiger partial charge is 0.337 e. The first kappa shape index (κ1) is 20.5. The van der Waals surface area contributed by atoms with Crippen LogP contribution in [0.4, 0.5) is 5.69 Å². The van der Waals surface area contributed by atoms with Gasteiger partial charge in [0.05, 0.1) is 0 Å². The van der Waals surface area contributed by atoms with Gasteiger partial charge in [0.2, 0.25) is 0 Å². The molecule has 0 amide bonds. The second-order valence-electron chi connectivity index (χ2n) is 8.47. The van der Waals surface area contributed by atoms with E-state index in [4.69, 9.17) is 0 Å². The third kappa shape index (κ3) is 5.86. The molecule has 0 aromatic heterocycles. The number of unbranched alkanes of at least 4 members (excludes halogenated alkanes) is 3. The predicted octanol–water partition coefficient (Wildman–Crippen LogP) is 5.82. The summed E-state index contributed by atoms with van der Waals surface area (Å²) >= 11 is 0. The van der Waals surface area contributed by atoms with Crippen molar-refractivity contribution in [3.63, 3.8) is 0 Å². The van der Waals surface area contributed by atoms with Gasteiger partial charge in [-0.1, -0.05) is 52.2 Å². The summed E-state index contributed by atoms with van der Waals surface area (Å²) in [5, 5.41) is 3.19. The molecule has 1 heterocycles. The molecular formula is C21H37N2OP. The number of piperidine rings is 1. The fourth-order valence-electron chi connectivity index (χ4n) is 3.97. The van der Waals surface area contributed by atoms with Crippen molar-refractivity contribution in [2.24, 2.45) is 5.92 Å². The van der Waals surface area contributed by atoms with Gasteiger partial charge in [0, 0.05) is 25.6 Å². The molecule has 2 rings (SSSR count). The van der Waals surface area contributed by atoms with E-state index in [9.17, 15) is 4.57 Å². The van der Waals surface area contributed by atoms with E-state index in [0.717, 1.165) is 5.69 Å². The molecule has 1 aliphatic rings. The van der Waals surface area contributed by atoms with Gasteiger partial charge in [-0.15, -0.1) is 0 Å². The fraction of sp³-hybridized carbons (Fsp3) is 0.714. The zero-order valence-electron chi connectivity index (χ0n) is 16.8. The van der Waals surface area contributed by atoms with Gasteiger partial charge in [-0.25, -0.2) is 0 Å². The van der Waals surface area contributed by atoms with Crippen molar-refractivity contribution in [3.8, 4) is 0 Å². The first-order valence-corrected chi connectivity index (χ1v) is 12.5. The Balaban J connectivity index is 2.02. The molecule has 1 aromatic carbocycles. The molecular weight excluding hydrogens is 327 g/mol. The molecule has 0 saturated carbocycles. The molecule has 4 heteroatoms. The molecule has 1 aliphatic heterocycles. The molecule has 0 spiro atoms. The van der Waals surface area contributed by atoms with Crippen LogP contribution in [0.15, 0.2) is 24.3 Å². The van der Waals surface area contributed by atoms with Crippen LogP contribution in [0.1, 0.15) is 58.4 Å². The summed E-state index contributed by atoms with van der Waals surface area (Å²) in [6.07, 6.45) is 6.56. The molecule has 1 N–H and O–H groups in total. The topological polar surface area (TPSA) is 32.3 Å². The molecule has 0 aliphatic carbocycles. The number of likely N-dealkylation sites (tertiary alicyclic amines) is 1. The number of hydrogen-bond acceptors (Lipinski definition) is 2. The van der Waals surface area contributed by atoms with Crippen molar-refractivity contribution in [2.75, 3.05) is 38.1 Å². The Morgan fingerprint density at radius 3 is 2.68 bits per heavy atom. The monoisotopic (exact) mass is 364 g/mol. The lowest BCUT2D eigenvalue weighted by molar-refractivity contribution is 0.109. The molecule has 0 bridgehead atoms. The van der Waals surface area contributed by atoms with Crippen molar-refractivity contribution in [3.05, 3.63) is 29.8 Å². The number of rotatable bonds is 8. The van der Waals surface area contributed by atoms with E-state index < -0.39 is 7.29 Å². The van der Waals surface area contributed by atoms with Crippen LogP contribution in [0, 0.1) is 5.92 Å². The van der Waals surface area contributed by atoms with Gasteiger partial charge in [-0.2, -0.15) is 0 Å². The Morgan fingerprint density at radius 1 is 1.28 bits per heavy atom. The van der Waals surface area contributed by atoms with Gasteiger partial charge in [-0.3, -0.25) is 0 Å². The van der Waals surface area contributed by atoms with Crippen molar-refractivity contribution >= 4 is 13.0 Å². The maximum Gasteiger partial charge on any atom is 0.164 e. The molecule has 0 unspecified atom stereocenters. The Kier molecular flexibility index (Phi) is 7.17. The normalized spacial score (nSPS) is 25.1. The molecule has 1 aromatic rings. The zero-order valence-corrected chi connectivity index (χ0v) is 17.7. The average molecular weight is 365 g/mol. The quantitative estimate of drug-likeness (QED) is 0.466. The van der Waals surface area contributed by atoms with Crippen molar-refractivity contribution < 1.29 is 4.57 Å². The van der Waals surface area contributed by atoms with E-state index in [-0.39, 0.29) is 5.41 Å². The summed E-state index contributed by atoms with van der Waals surface area (Å²) in [6.45, 7) is 14.2. The van der Waals surface area contributed by atoms with Crippen molar-refractivity contribution in [1.29, 1.82) is 0 Å². The molecule has 142 valence electrons. The summed E-state index contributed by atoms with van der Waals surface area (Å²) < 4.78 is 12.1. The Bertz CT molecular complexity index is 597. The minimum Gasteiger partial charge on any atom is -0.337 e. The number of benzene rings is 1. The maximum atomic E-state index is 12.1. The highest BCUT2D eigenvalue weighted by Gasteiger charge is 2.37. The number of nitrogens with one attached hydrogen (secondary N) is 1. The highest BCUT2D eigenvalue weighted by atomic mass is 31.2. The summed E-state index contributed by atoms with van der Waals surface area (Å²) in [4.78, 5) is 2.65. The second-order valence-corrected chi connectivity index (χ2v) is 11.4. The number of hydrogen-bond donors (Lipinski definition) is 1. The summed E-state index contributed by atoms with van der Waals surface area (Å²) in [6, 6.07) is 8.59. The van der Waals surface area contributed by atoms with Crippen LogP contribution in [-0.4, -0.2) is 37.9 Å². The van der Waals surface area contributed by atoms with Crippen LogP contribution in [0.25, 0.3) is 0 Å². The van der Waals surface area contributed by atoms with E-state index >= 15 is 0 Å². The van der Waals surface area contributed by atoms with E-state index in [2.05, 4.69) is 49.0 Å². The first-order valence-electron chi connectivity index (χ1n) is 9.91. The number of nitrogens with zero attached hydrogens (tertiary/aromatic N) is 1. The van der Waals surface area contributed by atoms with Gasteiger partial charge in [0.15, 0.2) is 7.29 Å². The van der Waals surface area contributed by atoms with Crippen LogP contribution in [-0.2, 0) is 9.98 Å². The van der Waals surface area contributed by atoms with Gasteiger partial charge in [0.25, 0.3) is 0 Å². The van der Waals surface area contributed by atoms with Crippen molar-refractivity contribution in [2.45, 2.75) is 58.3 Å². The van der Waals surface area contributed by atoms with E-state index in [1.54, 1.807) is 13.3 Å². The van der Waals surface area contributed by atoms with Gasteiger partial charge >= 0.3 is 0 Å². The summed E-state index contributed by atoms with van der Waals surface area (Å²) in [5.41, 5.74) is 2.56. The third-order valence-corrected chi connectivity index (χ3v) is 6.61. The maximum absolute atomic E-state index is 12.1. The molecule has 1 saturated heterocycles. The van der Waals surface area contributed by atoms with Crippen LogP contribution < -0.4 is 5.09 Å². The lowest BCUT2D eigenvalue weighted by Crippen LogP contribution is -2.47. The molecule has 1 fully saturated rings. The van der Waals surface area contributed by atoms with Gasteiger partial charge in [0.1, 0.15) is 0 Å². The minimum absolute atomic E-state index is 0.198.